The maximum absolute atomic E-state index is 5.89. The number of hydrogen-bond donors (Lipinski definition) is 0. The Morgan fingerprint density at radius 1 is 1.19 bits per heavy atom. The zero-order chi connectivity index (χ0) is 15.4. The summed E-state index contributed by atoms with van der Waals surface area (Å²) in [4.78, 5) is 4.25. The summed E-state index contributed by atoms with van der Waals surface area (Å²) in [6, 6.07) is 2.04. The van der Waals surface area contributed by atoms with Crippen LogP contribution in [0.15, 0.2) is 36.1 Å². The fourth-order valence-electron chi connectivity index (χ4n) is 2.63. The van der Waals surface area contributed by atoms with Crippen LogP contribution >= 0.6 is 11.6 Å². The van der Waals surface area contributed by atoms with Gasteiger partial charge < -0.3 is 14.2 Å². The van der Waals surface area contributed by atoms with Gasteiger partial charge in [0.25, 0.3) is 0 Å². The number of methoxy groups -OCH3 is 3. The summed E-state index contributed by atoms with van der Waals surface area (Å²) < 4.78 is 16.5. The molecule has 0 saturated heterocycles. The maximum Gasteiger partial charge on any atom is 0.167 e. The van der Waals surface area contributed by atoms with Crippen LogP contribution in [0, 0.1) is 5.92 Å². The molecule has 0 fully saturated rings. The van der Waals surface area contributed by atoms with Gasteiger partial charge in [0, 0.05) is 31.3 Å². The Kier molecular flexibility index (Phi) is 5.26. The first kappa shape index (κ1) is 15.9. The fraction of sp³-hybridized carbons (Fsp3) is 0.438. The average Bonchev–Trinajstić information content (AvgIpc) is 2.54. The van der Waals surface area contributed by atoms with Crippen molar-refractivity contribution in [3.63, 3.8) is 0 Å². The van der Waals surface area contributed by atoms with E-state index in [1.54, 1.807) is 27.5 Å². The van der Waals surface area contributed by atoms with Crippen LogP contribution in [-0.2, 0) is 20.1 Å². The van der Waals surface area contributed by atoms with Crippen LogP contribution in [0.5, 0.6) is 0 Å². The first-order valence-corrected chi connectivity index (χ1v) is 7.26. The van der Waals surface area contributed by atoms with Gasteiger partial charge in [-0.3, -0.25) is 4.98 Å². The molecule has 5 heteroatoms. The van der Waals surface area contributed by atoms with E-state index in [2.05, 4.69) is 11.9 Å². The van der Waals surface area contributed by atoms with E-state index in [1.807, 2.05) is 18.3 Å². The van der Waals surface area contributed by atoms with Crippen LogP contribution < -0.4 is 0 Å². The molecule has 0 aliphatic heterocycles. The third kappa shape index (κ3) is 3.06. The van der Waals surface area contributed by atoms with Gasteiger partial charge in [-0.2, -0.15) is 0 Å². The van der Waals surface area contributed by atoms with E-state index in [4.69, 9.17) is 25.8 Å². The van der Waals surface area contributed by atoms with Gasteiger partial charge in [-0.05, 0) is 28.8 Å². The highest BCUT2D eigenvalue weighted by Gasteiger charge is 2.33. The number of halogens is 1. The molecule has 0 radical (unpaired) electrons. The van der Waals surface area contributed by atoms with E-state index in [9.17, 15) is 0 Å². The van der Waals surface area contributed by atoms with Crippen molar-refractivity contribution in [2.45, 2.75) is 18.9 Å². The predicted molar refractivity (Wildman–Crippen MR) is 82.8 cm³/mol. The molecule has 21 heavy (non-hydrogen) atoms. The summed E-state index contributed by atoms with van der Waals surface area (Å²) in [5, 5.41) is 0. The summed E-state index contributed by atoms with van der Waals surface area (Å²) in [5.41, 5.74) is 3.10. The van der Waals surface area contributed by atoms with Gasteiger partial charge >= 0.3 is 0 Å². The largest absolute Gasteiger partial charge is 0.494 e. The number of ether oxygens (including phenoxy) is 3. The number of alkyl halides is 1. The lowest BCUT2D eigenvalue weighted by atomic mass is 9.84. The van der Waals surface area contributed by atoms with Gasteiger partial charge in [0.05, 0.1) is 14.2 Å². The van der Waals surface area contributed by atoms with Crippen molar-refractivity contribution in [2.24, 2.45) is 5.92 Å². The van der Waals surface area contributed by atoms with Gasteiger partial charge in [-0.25, -0.2) is 0 Å². The molecule has 1 aromatic rings. The van der Waals surface area contributed by atoms with Crippen molar-refractivity contribution < 1.29 is 14.2 Å². The van der Waals surface area contributed by atoms with E-state index in [0.29, 0.717) is 17.4 Å². The molecule has 0 saturated carbocycles. The Morgan fingerprint density at radius 3 is 2.52 bits per heavy atom. The van der Waals surface area contributed by atoms with Crippen molar-refractivity contribution in [1.82, 2.24) is 4.98 Å². The van der Waals surface area contributed by atoms with Crippen molar-refractivity contribution in [1.29, 1.82) is 0 Å². The fourth-order valence-corrected chi connectivity index (χ4v) is 2.77. The maximum atomic E-state index is 5.89. The van der Waals surface area contributed by atoms with Gasteiger partial charge in [-0.15, -0.1) is 11.6 Å². The lowest BCUT2D eigenvalue weighted by molar-refractivity contribution is 0.0459. The van der Waals surface area contributed by atoms with Crippen molar-refractivity contribution in [3.8, 4) is 0 Å². The van der Waals surface area contributed by atoms with Crippen molar-refractivity contribution in [3.05, 3.63) is 47.2 Å². The normalized spacial score (nSPS) is 22.0. The number of rotatable bonds is 5. The molecule has 1 aliphatic rings. The molecular weight excluding hydrogens is 290 g/mol. The van der Waals surface area contributed by atoms with E-state index < -0.39 is 0 Å². The second-order valence-corrected chi connectivity index (χ2v) is 5.16. The second kappa shape index (κ2) is 6.96. The first-order chi connectivity index (χ1) is 10.2. The number of nitrogens with zero attached hydrogens (tertiary/aromatic N) is 1. The van der Waals surface area contributed by atoms with Crippen molar-refractivity contribution in [2.75, 3.05) is 21.3 Å². The molecule has 2 atom stereocenters. The molecule has 0 aromatic carbocycles. The van der Waals surface area contributed by atoms with Crippen molar-refractivity contribution >= 4 is 17.2 Å². The van der Waals surface area contributed by atoms with Crippen LogP contribution in [0.2, 0.25) is 0 Å². The van der Waals surface area contributed by atoms with E-state index in [1.165, 1.54) is 0 Å². The standard InChI is InChI=1S/C16H20ClNO3/c1-10-13(12-5-11(7-17)8-18-9-12)6-14(19-2)16(21-4)15(10)20-3/h5-6,8-10,15H,7H2,1-4H3. The van der Waals surface area contributed by atoms with Crippen LogP contribution in [0.3, 0.4) is 0 Å². The SMILES string of the molecule is COC1=C(OC)C(OC)C(C)C(c2cncc(CCl)c2)=C1. The van der Waals surface area contributed by atoms with Gasteiger partial charge in [0.1, 0.15) is 6.10 Å². The highest BCUT2D eigenvalue weighted by atomic mass is 35.5. The molecule has 2 rings (SSSR count). The third-order valence-electron chi connectivity index (χ3n) is 3.71. The number of allylic oxidation sites excluding steroid dienone is 1. The molecule has 0 spiro atoms. The summed E-state index contributed by atoms with van der Waals surface area (Å²) in [6.07, 6.45) is 5.39. The smallest absolute Gasteiger partial charge is 0.167 e. The van der Waals surface area contributed by atoms with E-state index in [0.717, 1.165) is 16.7 Å². The molecule has 114 valence electrons. The Hall–Kier alpha value is -1.52. The summed E-state index contributed by atoms with van der Waals surface area (Å²) >= 11 is 5.89. The Balaban J connectivity index is 2.51. The monoisotopic (exact) mass is 309 g/mol. The average molecular weight is 310 g/mol. The Morgan fingerprint density at radius 2 is 1.95 bits per heavy atom. The summed E-state index contributed by atoms with van der Waals surface area (Å²) in [6.45, 7) is 2.10. The van der Waals surface area contributed by atoms with Crippen LogP contribution in [0.1, 0.15) is 18.1 Å². The molecule has 2 unspecified atom stereocenters. The number of aromatic nitrogens is 1. The van der Waals surface area contributed by atoms with E-state index in [-0.39, 0.29) is 12.0 Å². The third-order valence-corrected chi connectivity index (χ3v) is 4.02. The van der Waals surface area contributed by atoms with Gasteiger partial charge in [0.2, 0.25) is 0 Å². The first-order valence-electron chi connectivity index (χ1n) is 6.73. The highest BCUT2D eigenvalue weighted by Crippen LogP contribution is 2.37. The van der Waals surface area contributed by atoms with E-state index >= 15 is 0 Å². The molecule has 0 amide bonds. The minimum atomic E-state index is -0.190. The minimum Gasteiger partial charge on any atom is -0.494 e. The van der Waals surface area contributed by atoms with Crippen LogP contribution in [0.25, 0.3) is 5.57 Å². The zero-order valence-corrected chi connectivity index (χ0v) is 13.5. The highest BCUT2D eigenvalue weighted by molar-refractivity contribution is 6.17. The van der Waals surface area contributed by atoms with Gasteiger partial charge in [-0.1, -0.05) is 6.92 Å². The Labute approximate surface area is 130 Å². The lowest BCUT2D eigenvalue weighted by Gasteiger charge is -2.31. The van der Waals surface area contributed by atoms with Crippen LogP contribution in [-0.4, -0.2) is 32.4 Å². The second-order valence-electron chi connectivity index (χ2n) is 4.90. The zero-order valence-electron chi connectivity index (χ0n) is 12.7. The Bertz CT molecular complexity index is 568. The summed E-state index contributed by atoms with van der Waals surface area (Å²) in [7, 11) is 4.92. The molecule has 0 bridgehead atoms. The molecule has 4 nitrogen and oxygen atoms in total. The molecule has 1 heterocycles. The van der Waals surface area contributed by atoms with Gasteiger partial charge in [0.15, 0.2) is 11.5 Å². The molecular formula is C16H20ClNO3. The molecule has 1 aromatic heterocycles. The minimum absolute atomic E-state index is 0.122. The quantitative estimate of drug-likeness (QED) is 0.782. The topological polar surface area (TPSA) is 40.6 Å². The lowest BCUT2D eigenvalue weighted by Crippen LogP contribution is -2.29. The number of hydrogen-bond acceptors (Lipinski definition) is 4. The van der Waals surface area contributed by atoms with Crippen LogP contribution in [0.4, 0.5) is 0 Å². The summed E-state index contributed by atoms with van der Waals surface area (Å²) in [5.74, 6) is 1.94. The molecule has 1 aliphatic carbocycles. The number of pyridine rings is 1. The molecule has 0 N–H and O–H groups in total. The predicted octanol–water partition coefficient (Wildman–Crippen LogP) is 3.37.